The topological polar surface area (TPSA) is 90.0 Å². The fraction of sp³-hybridized carbons (Fsp3) is 0.308. The molecule has 1 aromatic heterocycles. The van der Waals surface area contributed by atoms with Crippen molar-refractivity contribution >= 4 is 10.0 Å². The van der Waals surface area contributed by atoms with Gasteiger partial charge >= 0.3 is 0 Å². The molecular formula is C13H17FN4O2S. The van der Waals surface area contributed by atoms with Gasteiger partial charge < -0.3 is 10.3 Å². The molecule has 0 saturated heterocycles. The molecule has 0 aliphatic carbocycles. The van der Waals surface area contributed by atoms with Crippen LogP contribution in [0.25, 0.3) is 0 Å². The summed E-state index contributed by atoms with van der Waals surface area (Å²) in [5.41, 5.74) is 5.88. The maximum absolute atomic E-state index is 13.3. The van der Waals surface area contributed by atoms with Gasteiger partial charge in [-0.05, 0) is 24.6 Å². The Balaban J connectivity index is 2.20. The summed E-state index contributed by atoms with van der Waals surface area (Å²) in [6.07, 6.45) is 4.94. The van der Waals surface area contributed by atoms with E-state index in [-0.39, 0.29) is 17.5 Å². The van der Waals surface area contributed by atoms with Crippen LogP contribution in [0.4, 0.5) is 4.39 Å². The minimum absolute atomic E-state index is 0.0203. The Hall–Kier alpha value is -1.77. The number of aromatic nitrogens is 2. The molecule has 114 valence electrons. The van der Waals surface area contributed by atoms with E-state index in [4.69, 9.17) is 5.73 Å². The highest BCUT2D eigenvalue weighted by molar-refractivity contribution is 7.89. The van der Waals surface area contributed by atoms with Crippen LogP contribution in [-0.2, 0) is 23.1 Å². The average molecular weight is 312 g/mol. The van der Waals surface area contributed by atoms with Crippen molar-refractivity contribution in [3.05, 3.63) is 48.3 Å². The van der Waals surface area contributed by atoms with Gasteiger partial charge in [0.1, 0.15) is 5.82 Å². The van der Waals surface area contributed by atoms with Gasteiger partial charge in [-0.3, -0.25) is 0 Å². The van der Waals surface area contributed by atoms with Gasteiger partial charge in [-0.1, -0.05) is 6.07 Å². The van der Waals surface area contributed by atoms with Gasteiger partial charge in [0, 0.05) is 31.5 Å². The van der Waals surface area contributed by atoms with Crippen LogP contribution in [0.15, 0.2) is 41.8 Å². The SMILES string of the molecule is CC(Cn1ccnc1)NS(=O)(=O)c1cc(F)ccc1CN. The third kappa shape index (κ3) is 3.87. The number of imidazole rings is 1. The molecule has 0 spiro atoms. The molecule has 21 heavy (non-hydrogen) atoms. The Labute approximate surface area is 122 Å². The highest BCUT2D eigenvalue weighted by Gasteiger charge is 2.21. The fourth-order valence-electron chi connectivity index (χ4n) is 2.02. The van der Waals surface area contributed by atoms with E-state index in [9.17, 15) is 12.8 Å². The lowest BCUT2D eigenvalue weighted by molar-refractivity contribution is 0.519. The Morgan fingerprint density at radius 1 is 1.48 bits per heavy atom. The van der Waals surface area contributed by atoms with Crippen molar-refractivity contribution < 1.29 is 12.8 Å². The third-order valence-corrected chi connectivity index (χ3v) is 4.61. The van der Waals surface area contributed by atoms with Crippen LogP contribution in [0.3, 0.4) is 0 Å². The lowest BCUT2D eigenvalue weighted by atomic mass is 10.2. The molecule has 2 aromatic rings. The van der Waals surface area contributed by atoms with Crippen molar-refractivity contribution in [2.24, 2.45) is 5.73 Å². The normalized spacial score (nSPS) is 13.3. The van der Waals surface area contributed by atoms with Crippen LogP contribution in [-0.4, -0.2) is 24.0 Å². The maximum atomic E-state index is 13.3. The summed E-state index contributed by atoms with van der Waals surface area (Å²) in [6, 6.07) is 3.17. The predicted octanol–water partition coefficient (Wildman–Crippen LogP) is 0.848. The first kappa shape index (κ1) is 15.6. The Kier molecular flexibility index (Phi) is 4.71. The number of sulfonamides is 1. The number of halogens is 1. The van der Waals surface area contributed by atoms with Crippen LogP contribution < -0.4 is 10.5 Å². The third-order valence-electron chi connectivity index (χ3n) is 2.94. The molecule has 6 nitrogen and oxygen atoms in total. The molecule has 1 unspecified atom stereocenters. The van der Waals surface area contributed by atoms with E-state index in [1.807, 2.05) is 0 Å². The van der Waals surface area contributed by atoms with Crippen molar-refractivity contribution in [1.82, 2.24) is 14.3 Å². The minimum atomic E-state index is -3.83. The first-order valence-corrected chi connectivity index (χ1v) is 7.87. The van der Waals surface area contributed by atoms with Crippen LogP contribution in [0.5, 0.6) is 0 Å². The number of nitrogens with zero attached hydrogens (tertiary/aromatic N) is 2. The second-order valence-electron chi connectivity index (χ2n) is 4.74. The number of nitrogens with two attached hydrogens (primary N) is 1. The molecule has 0 saturated carbocycles. The second-order valence-corrected chi connectivity index (χ2v) is 6.42. The number of rotatable bonds is 6. The smallest absolute Gasteiger partial charge is 0.241 e. The van der Waals surface area contributed by atoms with E-state index < -0.39 is 15.8 Å². The number of nitrogens with one attached hydrogen (secondary N) is 1. The van der Waals surface area contributed by atoms with E-state index in [0.29, 0.717) is 12.1 Å². The molecule has 0 fully saturated rings. The summed E-state index contributed by atoms with van der Waals surface area (Å²) in [5.74, 6) is -0.616. The first-order valence-electron chi connectivity index (χ1n) is 6.39. The number of benzene rings is 1. The van der Waals surface area contributed by atoms with Crippen molar-refractivity contribution in [2.75, 3.05) is 0 Å². The largest absolute Gasteiger partial charge is 0.336 e. The quantitative estimate of drug-likeness (QED) is 0.827. The van der Waals surface area contributed by atoms with Crippen molar-refractivity contribution in [1.29, 1.82) is 0 Å². The van der Waals surface area contributed by atoms with Crippen LogP contribution >= 0.6 is 0 Å². The monoisotopic (exact) mass is 312 g/mol. The van der Waals surface area contributed by atoms with Gasteiger partial charge in [0.2, 0.25) is 10.0 Å². The zero-order valence-electron chi connectivity index (χ0n) is 11.5. The van der Waals surface area contributed by atoms with Gasteiger partial charge in [0.25, 0.3) is 0 Å². The number of hydrogen-bond donors (Lipinski definition) is 2. The summed E-state index contributed by atoms with van der Waals surface area (Å²) < 4.78 is 42.3. The molecule has 0 bridgehead atoms. The molecule has 0 radical (unpaired) electrons. The molecule has 1 heterocycles. The van der Waals surface area contributed by atoms with Gasteiger partial charge in [0.05, 0.1) is 11.2 Å². The fourth-order valence-corrected chi connectivity index (χ4v) is 3.52. The lowest BCUT2D eigenvalue weighted by Gasteiger charge is -2.16. The number of hydrogen-bond acceptors (Lipinski definition) is 4. The van der Waals surface area contributed by atoms with Crippen molar-refractivity contribution in [3.8, 4) is 0 Å². The Morgan fingerprint density at radius 3 is 2.86 bits per heavy atom. The molecule has 2 rings (SSSR count). The minimum Gasteiger partial charge on any atom is -0.336 e. The summed E-state index contributed by atoms with van der Waals surface area (Å²) in [7, 11) is -3.83. The molecular weight excluding hydrogens is 295 g/mol. The summed E-state index contributed by atoms with van der Waals surface area (Å²) >= 11 is 0. The first-order chi connectivity index (χ1) is 9.92. The zero-order valence-corrected chi connectivity index (χ0v) is 12.3. The van der Waals surface area contributed by atoms with E-state index in [0.717, 1.165) is 6.07 Å². The highest BCUT2D eigenvalue weighted by Crippen LogP contribution is 2.17. The van der Waals surface area contributed by atoms with Gasteiger partial charge in [-0.25, -0.2) is 22.5 Å². The summed E-state index contributed by atoms with van der Waals surface area (Å²) in [6.45, 7) is 2.16. The Morgan fingerprint density at radius 2 is 2.24 bits per heavy atom. The molecule has 0 aliphatic heterocycles. The van der Waals surface area contributed by atoms with Gasteiger partial charge in [0.15, 0.2) is 0 Å². The molecule has 1 aromatic carbocycles. The van der Waals surface area contributed by atoms with Crippen LogP contribution in [0.2, 0.25) is 0 Å². The predicted molar refractivity (Wildman–Crippen MR) is 76.3 cm³/mol. The molecule has 0 amide bonds. The maximum Gasteiger partial charge on any atom is 0.241 e. The van der Waals surface area contributed by atoms with E-state index in [2.05, 4.69) is 9.71 Å². The van der Waals surface area contributed by atoms with Gasteiger partial charge in [-0.15, -0.1) is 0 Å². The zero-order chi connectivity index (χ0) is 15.5. The van der Waals surface area contributed by atoms with Crippen LogP contribution in [0.1, 0.15) is 12.5 Å². The molecule has 3 N–H and O–H groups in total. The standard InChI is InChI=1S/C13H17FN4O2S/c1-10(8-18-5-4-16-9-18)17-21(19,20)13-6-12(14)3-2-11(13)7-15/h2-6,9-10,17H,7-8,15H2,1H3. The van der Waals surface area contributed by atoms with E-state index in [1.54, 1.807) is 30.2 Å². The van der Waals surface area contributed by atoms with E-state index in [1.165, 1.54) is 12.1 Å². The van der Waals surface area contributed by atoms with Gasteiger partial charge in [-0.2, -0.15) is 0 Å². The summed E-state index contributed by atoms with van der Waals surface area (Å²) in [4.78, 5) is 3.77. The van der Waals surface area contributed by atoms with Crippen molar-refractivity contribution in [2.45, 2.75) is 31.0 Å². The van der Waals surface area contributed by atoms with Crippen LogP contribution in [0, 0.1) is 5.82 Å². The van der Waals surface area contributed by atoms with E-state index >= 15 is 0 Å². The second kappa shape index (κ2) is 6.33. The summed E-state index contributed by atoms with van der Waals surface area (Å²) in [5, 5.41) is 0. The molecule has 0 aliphatic rings. The lowest BCUT2D eigenvalue weighted by Crippen LogP contribution is -2.36. The average Bonchev–Trinajstić information content (AvgIpc) is 2.90. The Bertz CT molecular complexity index is 701. The molecule has 1 atom stereocenters. The highest BCUT2D eigenvalue weighted by atomic mass is 32.2. The molecule has 8 heteroatoms. The van der Waals surface area contributed by atoms with Crippen molar-refractivity contribution in [3.63, 3.8) is 0 Å².